The van der Waals surface area contributed by atoms with Gasteiger partial charge >= 0.3 is 0 Å². The SMILES string of the molecule is CC(C)C(CNC(=O)C1NNC2CCNCC21)c1cccnc1.Cl. The van der Waals surface area contributed by atoms with Gasteiger partial charge < -0.3 is 10.6 Å². The van der Waals surface area contributed by atoms with Gasteiger partial charge in [-0.3, -0.25) is 15.2 Å². The molecular weight excluding hydrogens is 326 g/mol. The van der Waals surface area contributed by atoms with Crippen molar-refractivity contribution >= 4 is 18.3 Å². The van der Waals surface area contributed by atoms with Crippen LogP contribution in [0.25, 0.3) is 0 Å². The molecule has 1 aromatic rings. The molecule has 4 atom stereocenters. The number of nitrogens with zero attached hydrogens (tertiary/aromatic N) is 1. The zero-order valence-electron chi connectivity index (χ0n) is 14.3. The lowest BCUT2D eigenvalue weighted by molar-refractivity contribution is -0.124. The van der Waals surface area contributed by atoms with E-state index in [2.05, 4.69) is 46.4 Å². The number of carbonyl (C=O) groups excluding carboxylic acids is 1. The molecule has 6 nitrogen and oxygen atoms in total. The summed E-state index contributed by atoms with van der Waals surface area (Å²) in [5, 5.41) is 6.52. The Morgan fingerprint density at radius 3 is 2.96 bits per heavy atom. The second-order valence-electron chi connectivity index (χ2n) is 6.91. The second kappa shape index (κ2) is 8.76. The molecule has 0 aliphatic carbocycles. The number of hydrogen-bond acceptors (Lipinski definition) is 5. The Hall–Kier alpha value is -1.21. The highest BCUT2D eigenvalue weighted by Gasteiger charge is 2.41. The third kappa shape index (κ3) is 4.25. The van der Waals surface area contributed by atoms with E-state index >= 15 is 0 Å². The first kappa shape index (κ1) is 19.1. The van der Waals surface area contributed by atoms with E-state index in [1.54, 1.807) is 6.20 Å². The maximum absolute atomic E-state index is 12.6. The summed E-state index contributed by atoms with van der Waals surface area (Å²) in [7, 11) is 0. The monoisotopic (exact) mass is 353 g/mol. The van der Waals surface area contributed by atoms with E-state index in [4.69, 9.17) is 0 Å². The van der Waals surface area contributed by atoms with Crippen molar-refractivity contribution in [1.29, 1.82) is 0 Å². The van der Waals surface area contributed by atoms with Gasteiger partial charge in [-0.2, -0.15) is 0 Å². The molecule has 134 valence electrons. The van der Waals surface area contributed by atoms with Gasteiger partial charge in [-0.25, -0.2) is 5.43 Å². The predicted molar refractivity (Wildman–Crippen MR) is 96.9 cm³/mol. The number of rotatable bonds is 5. The molecule has 2 fully saturated rings. The van der Waals surface area contributed by atoms with E-state index in [1.165, 1.54) is 5.56 Å². The lowest BCUT2D eigenvalue weighted by Gasteiger charge is -2.28. The molecule has 1 aromatic heterocycles. The fraction of sp³-hybridized carbons (Fsp3) is 0.647. The zero-order chi connectivity index (χ0) is 16.2. The van der Waals surface area contributed by atoms with Gasteiger partial charge in [0.25, 0.3) is 0 Å². The minimum absolute atomic E-state index is 0. The Morgan fingerprint density at radius 1 is 1.42 bits per heavy atom. The molecule has 2 saturated heterocycles. The smallest absolute Gasteiger partial charge is 0.238 e. The van der Waals surface area contributed by atoms with Crippen LogP contribution < -0.4 is 21.5 Å². The summed E-state index contributed by atoms with van der Waals surface area (Å²) in [5.41, 5.74) is 7.63. The molecule has 24 heavy (non-hydrogen) atoms. The second-order valence-corrected chi connectivity index (χ2v) is 6.91. The van der Waals surface area contributed by atoms with Crippen LogP contribution in [0.2, 0.25) is 0 Å². The van der Waals surface area contributed by atoms with Crippen molar-refractivity contribution in [2.24, 2.45) is 11.8 Å². The molecule has 0 saturated carbocycles. The summed E-state index contributed by atoms with van der Waals surface area (Å²) in [6.07, 6.45) is 4.74. The van der Waals surface area contributed by atoms with Crippen LogP contribution in [0.3, 0.4) is 0 Å². The third-order valence-corrected chi connectivity index (χ3v) is 5.08. The average Bonchev–Trinajstić information content (AvgIpc) is 2.99. The molecule has 2 aliphatic rings. The highest BCUT2D eigenvalue weighted by molar-refractivity contribution is 5.85. The molecule has 0 radical (unpaired) electrons. The maximum atomic E-state index is 12.6. The van der Waals surface area contributed by atoms with Gasteiger partial charge in [0.2, 0.25) is 5.91 Å². The third-order valence-electron chi connectivity index (χ3n) is 5.08. The number of hydrazine groups is 1. The number of nitrogens with one attached hydrogen (secondary N) is 4. The van der Waals surface area contributed by atoms with Crippen molar-refractivity contribution in [2.75, 3.05) is 19.6 Å². The maximum Gasteiger partial charge on any atom is 0.238 e. The first-order chi connectivity index (χ1) is 11.2. The fourth-order valence-electron chi connectivity index (χ4n) is 3.63. The van der Waals surface area contributed by atoms with E-state index in [-0.39, 0.29) is 30.3 Å². The van der Waals surface area contributed by atoms with Crippen molar-refractivity contribution < 1.29 is 4.79 Å². The zero-order valence-corrected chi connectivity index (χ0v) is 15.1. The van der Waals surface area contributed by atoms with Crippen molar-refractivity contribution in [3.05, 3.63) is 30.1 Å². The number of halogens is 1. The van der Waals surface area contributed by atoms with Crippen LogP contribution in [0.1, 0.15) is 31.7 Å². The lowest BCUT2D eigenvalue weighted by atomic mass is 9.87. The number of piperidine rings is 1. The molecule has 3 rings (SSSR count). The molecular formula is C17H28ClN5O. The van der Waals surface area contributed by atoms with Gasteiger partial charge in [0.1, 0.15) is 6.04 Å². The Labute approximate surface area is 150 Å². The normalized spacial score (nSPS) is 27.2. The first-order valence-electron chi connectivity index (χ1n) is 8.56. The summed E-state index contributed by atoms with van der Waals surface area (Å²) in [6.45, 7) is 6.91. The Balaban J connectivity index is 0.00000208. The van der Waals surface area contributed by atoms with E-state index in [0.29, 0.717) is 24.4 Å². The van der Waals surface area contributed by atoms with E-state index < -0.39 is 0 Å². The highest BCUT2D eigenvalue weighted by Crippen LogP contribution is 2.24. The molecule has 7 heteroatoms. The summed E-state index contributed by atoms with van der Waals surface area (Å²) in [4.78, 5) is 16.8. The summed E-state index contributed by atoms with van der Waals surface area (Å²) in [5.74, 6) is 1.13. The van der Waals surface area contributed by atoms with Crippen LogP contribution in [-0.4, -0.2) is 42.6 Å². The minimum atomic E-state index is -0.158. The first-order valence-corrected chi connectivity index (χ1v) is 8.56. The largest absolute Gasteiger partial charge is 0.354 e. The highest BCUT2D eigenvalue weighted by atomic mass is 35.5. The fourth-order valence-corrected chi connectivity index (χ4v) is 3.63. The van der Waals surface area contributed by atoms with Gasteiger partial charge in [-0.05, 0) is 30.5 Å². The molecule has 4 N–H and O–H groups in total. The number of pyridine rings is 1. The Bertz CT molecular complexity index is 527. The van der Waals surface area contributed by atoms with Crippen LogP contribution in [-0.2, 0) is 4.79 Å². The lowest BCUT2D eigenvalue weighted by Crippen LogP contribution is -2.50. The minimum Gasteiger partial charge on any atom is -0.354 e. The van der Waals surface area contributed by atoms with Gasteiger partial charge in [0.05, 0.1) is 0 Å². The summed E-state index contributed by atoms with van der Waals surface area (Å²) in [6, 6.07) is 4.27. The number of fused-ring (bicyclic) bond motifs is 1. The topological polar surface area (TPSA) is 78.1 Å². The van der Waals surface area contributed by atoms with Crippen LogP contribution in [0, 0.1) is 11.8 Å². The van der Waals surface area contributed by atoms with Crippen LogP contribution in [0.4, 0.5) is 0 Å². The quantitative estimate of drug-likeness (QED) is 0.630. The van der Waals surface area contributed by atoms with Crippen molar-refractivity contribution in [3.63, 3.8) is 0 Å². The number of carbonyl (C=O) groups is 1. The molecule has 2 aliphatic heterocycles. The van der Waals surface area contributed by atoms with Crippen molar-refractivity contribution in [3.8, 4) is 0 Å². The molecule has 0 bridgehead atoms. The Kier molecular flexibility index (Phi) is 6.98. The van der Waals surface area contributed by atoms with Gasteiger partial charge in [-0.1, -0.05) is 19.9 Å². The number of amides is 1. The van der Waals surface area contributed by atoms with Crippen molar-refractivity contribution in [2.45, 2.75) is 38.3 Å². The Morgan fingerprint density at radius 2 is 2.25 bits per heavy atom. The molecule has 3 heterocycles. The van der Waals surface area contributed by atoms with E-state index in [0.717, 1.165) is 19.5 Å². The number of hydrogen-bond donors (Lipinski definition) is 4. The van der Waals surface area contributed by atoms with Crippen LogP contribution >= 0.6 is 12.4 Å². The van der Waals surface area contributed by atoms with Crippen LogP contribution in [0.5, 0.6) is 0 Å². The van der Waals surface area contributed by atoms with Gasteiger partial charge in [-0.15, -0.1) is 12.4 Å². The molecule has 0 aromatic carbocycles. The molecule has 1 amide bonds. The standard InChI is InChI=1S/C17H27N5O.ClH/c1-11(2)13(12-4-3-6-18-8-12)10-20-17(23)16-14-9-19-7-5-15(14)21-22-16;/h3-4,6,8,11,13-16,19,21-22H,5,7,9-10H2,1-2H3,(H,20,23);1H. The molecule has 4 unspecified atom stereocenters. The summed E-state index contributed by atoms with van der Waals surface area (Å²) < 4.78 is 0. The van der Waals surface area contributed by atoms with Crippen LogP contribution in [0.15, 0.2) is 24.5 Å². The van der Waals surface area contributed by atoms with Gasteiger partial charge in [0.15, 0.2) is 0 Å². The van der Waals surface area contributed by atoms with Crippen molar-refractivity contribution in [1.82, 2.24) is 26.5 Å². The number of aromatic nitrogens is 1. The van der Waals surface area contributed by atoms with E-state index in [1.807, 2.05) is 12.3 Å². The summed E-state index contributed by atoms with van der Waals surface area (Å²) >= 11 is 0. The average molecular weight is 354 g/mol. The van der Waals surface area contributed by atoms with E-state index in [9.17, 15) is 4.79 Å². The predicted octanol–water partition coefficient (Wildman–Crippen LogP) is 0.814. The molecule has 0 spiro atoms. The van der Waals surface area contributed by atoms with Gasteiger partial charge in [0, 0.05) is 43.4 Å².